The quantitative estimate of drug-likeness (QED) is 0.867. The number of nitrogens with two attached hydrogens (primary N) is 1. The molecule has 0 fully saturated rings. The molecule has 0 bridgehead atoms. The number of hydrogen-bond donors (Lipinski definition) is 1. The van der Waals surface area contributed by atoms with E-state index < -0.39 is 0 Å². The zero-order valence-electron chi connectivity index (χ0n) is 10.6. The van der Waals surface area contributed by atoms with Crippen molar-refractivity contribution in [3.63, 3.8) is 0 Å². The fourth-order valence-corrected chi connectivity index (χ4v) is 2.87. The predicted molar refractivity (Wildman–Crippen MR) is 77.3 cm³/mol. The van der Waals surface area contributed by atoms with Gasteiger partial charge in [-0.1, -0.05) is 18.2 Å². The molecule has 0 aliphatic rings. The van der Waals surface area contributed by atoms with Crippen LogP contribution in [0.2, 0.25) is 0 Å². The lowest BCUT2D eigenvalue weighted by Gasteiger charge is -2.14. The first-order chi connectivity index (χ1) is 8.81. The van der Waals surface area contributed by atoms with Crippen molar-refractivity contribution in [2.24, 2.45) is 11.7 Å². The molecule has 2 nitrogen and oxygen atoms in total. The Balaban J connectivity index is 1.96. The van der Waals surface area contributed by atoms with E-state index in [0.717, 1.165) is 25.1 Å². The van der Waals surface area contributed by atoms with Crippen LogP contribution in [0.4, 0.5) is 0 Å². The molecule has 1 unspecified atom stereocenters. The van der Waals surface area contributed by atoms with Gasteiger partial charge < -0.3 is 10.5 Å². The molecule has 1 aromatic heterocycles. The minimum absolute atomic E-state index is 0.511. The van der Waals surface area contributed by atoms with Crippen LogP contribution in [-0.4, -0.2) is 13.7 Å². The van der Waals surface area contributed by atoms with Gasteiger partial charge in [0.15, 0.2) is 0 Å². The maximum Gasteiger partial charge on any atom is 0.118 e. The Morgan fingerprint density at radius 2 is 1.94 bits per heavy atom. The fraction of sp³-hybridized carbons (Fsp3) is 0.333. The van der Waals surface area contributed by atoms with E-state index in [1.54, 1.807) is 7.11 Å². The highest BCUT2D eigenvalue weighted by Gasteiger charge is 2.09. The van der Waals surface area contributed by atoms with Gasteiger partial charge in [0.25, 0.3) is 0 Å². The normalized spacial score (nSPS) is 12.3. The zero-order chi connectivity index (χ0) is 12.8. The maximum atomic E-state index is 5.87. The zero-order valence-corrected chi connectivity index (χ0v) is 11.5. The third kappa shape index (κ3) is 3.59. The summed E-state index contributed by atoms with van der Waals surface area (Å²) in [4.78, 5) is 1.42. The molecule has 1 heterocycles. The lowest BCUT2D eigenvalue weighted by atomic mass is 9.95. The van der Waals surface area contributed by atoms with Crippen molar-refractivity contribution < 1.29 is 4.74 Å². The highest BCUT2D eigenvalue weighted by Crippen LogP contribution is 2.19. The van der Waals surface area contributed by atoms with Gasteiger partial charge in [-0.25, -0.2) is 0 Å². The number of rotatable bonds is 6. The number of ether oxygens (including phenoxy) is 1. The molecule has 0 spiro atoms. The second-order valence-electron chi connectivity index (χ2n) is 4.44. The molecule has 1 atom stereocenters. The van der Waals surface area contributed by atoms with Gasteiger partial charge in [0, 0.05) is 4.88 Å². The Labute approximate surface area is 112 Å². The first-order valence-corrected chi connectivity index (χ1v) is 7.05. The van der Waals surface area contributed by atoms with Gasteiger partial charge in [-0.05, 0) is 54.4 Å². The van der Waals surface area contributed by atoms with Crippen LogP contribution < -0.4 is 10.5 Å². The van der Waals surface area contributed by atoms with Crippen molar-refractivity contribution in [2.75, 3.05) is 13.7 Å². The van der Waals surface area contributed by atoms with Crippen LogP contribution in [0.25, 0.3) is 0 Å². The van der Waals surface area contributed by atoms with Gasteiger partial charge in [0.2, 0.25) is 0 Å². The summed E-state index contributed by atoms with van der Waals surface area (Å²) in [5.74, 6) is 1.42. The van der Waals surface area contributed by atoms with Crippen molar-refractivity contribution in [2.45, 2.75) is 12.8 Å². The van der Waals surface area contributed by atoms with E-state index in [4.69, 9.17) is 10.5 Å². The molecular weight excluding hydrogens is 242 g/mol. The van der Waals surface area contributed by atoms with Crippen molar-refractivity contribution in [1.82, 2.24) is 0 Å². The summed E-state index contributed by atoms with van der Waals surface area (Å²) in [6.45, 7) is 0.726. The van der Waals surface area contributed by atoms with Crippen LogP contribution in [0, 0.1) is 5.92 Å². The lowest BCUT2D eigenvalue weighted by molar-refractivity contribution is 0.414. The summed E-state index contributed by atoms with van der Waals surface area (Å²) in [6, 6.07) is 12.5. The molecule has 18 heavy (non-hydrogen) atoms. The molecular formula is C15H19NOS. The van der Waals surface area contributed by atoms with Crippen molar-refractivity contribution >= 4 is 11.3 Å². The Morgan fingerprint density at radius 3 is 2.50 bits per heavy atom. The average molecular weight is 261 g/mol. The first kappa shape index (κ1) is 13.1. The van der Waals surface area contributed by atoms with Crippen molar-refractivity contribution in [3.8, 4) is 5.75 Å². The van der Waals surface area contributed by atoms with E-state index in [1.807, 2.05) is 23.5 Å². The SMILES string of the molecule is COc1ccc(CC(CN)Cc2cccs2)cc1. The van der Waals surface area contributed by atoms with Crippen LogP contribution in [0.3, 0.4) is 0 Å². The number of thiophene rings is 1. The molecule has 0 saturated carbocycles. The average Bonchev–Trinajstić information content (AvgIpc) is 2.91. The summed E-state index contributed by atoms with van der Waals surface area (Å²) in [6.07, 6.45) is 2.10. The molecule has 0 amide bonds. The summed E-state index contributed by atoms with van der Waals surface area (Å²) in [5, 5.41) is 2.12. The first-order valence-electron chi connectivity index (χ1n) is 6.17. The summed E-state index contributed by atoms with van der Waals surface area (Å²) in [5.41, 5.74) is 7.20. The number of hydrogen-bond acceptors (Lipinski definition) is 3. The Kier molecular flexibility index (Phi) is 4.79. The smallest absolute Gasteiger partial charge is 0.118 e. The van der Waals surface area contributed by atoms with E-state index >= 15 is 0 Å². The second kappa shape index (κ2) is 6.57. The van der Waals surface area contributed by atoms with E-state index in [1.165, 1.54) is 10.4 Å². The number of benzene rings is 1. The molecule has 0 aliphatic heterocycles. The van der Waals surface area contributed by atoms with Crippen molar-refractivity contribution in [1.29, 1.82) is 0 Å². The van der Waals surface area contributed by atoms with E-state index in [9.17, 15) is 0 Å². The largest absolute Gasteiger partial charge is 0.497 e. The van der Waals surface area contributed by atoms with Crippen LogP contribution in [0.15, 0.2) is 41.8 Å². The standard InChI is InChI=1S/C15H19NOS/c1-17-14-6-4-12(5-7-14)9-13(11-16)10-15-3-2-8-18-15/h2-8,13H,9-11,16H2,1H3. The monoisotopic (exact) mass is 261 g/mol. The molecule has 2 rings (SSSR count). The molecule has 0 radical (unpaired) electrons. The Morgan fingerprint density at radius 1 is 1.17 bits per heavy atom. The van der Waals surface area contributed by atoms with Crippen LogP contribution in [0.5, 0.6) is 5.75 Å². The third-order valence-corrected chi connectivity index (χ3v) is 3.99. The molecule has 0 aliphatic carbocycles. The van der Waals surface area contributed by atoms with Gasteiger partial charge in [-0.3, -0.25) is 0 Å². The van der Waals surface area contributed by atoms with Crippen LogP contribution in [0.1, 0.15) is 10.4 Å². The highest BCUT2D eigenvalue weighted by molar-refractivity contribution is 7.09. The van der Waals surface area contributed by atoms with Crippen LogP contribution in [-0.2, 0) is 12.8 Å². The molecule has 2 aromatic rings. The van der Waals surface area contributed by atoms with E-state index in [2.05, 4.69) is 29.6 Å². The molecule has 96 valence electrons. The predicted octanol–water partition coefficient (Wildman–Crippen LogP) is 3.12. The lowest BCUT2D eigenvalue weighted by Crippen LogP contribution is -2.18. The third-order valence-electron chi connectivity index (χ3n) is 3.09. The number of methoxy groups -OCH3 is 1. The van der Waals surface area contributed by atoms with Gasteiger partial charge in [-0.15, -0.1) is 11.3 Å². The van der Waals surface area contributed by atoms with E-state index in [-0.39, 0.29) is 0 Å². The van der Waals surface area contributed by atoms with Gasteiger partial charge in [0.1, 0.15) is 5.75 Å². The van der Waals surface area contributed by atoms with Crippen LogP contribution >= 0.6 is 11.3 Å². The molecule has 2 N–H and O–H groups in total. The fourth-order valence-electron chi connectivity index (χ4n) is 2.05. The van der Waals surface area contributed by atoms with Gasteiger partial charge >= 0.3 is 0 Å². The second-order valence-corrected chi connectivity index (χ2v) is 5.47. The topological polar surface area (TPSA) is 35.2 Å². The Hall–Kier alpha value is -1.32. The van der Waals surface area contributed by atoms with Gasteiger partial charge in [0.05, 0.1) is 7.11 Å². The molecule has 1 aromatic carbocycles. The maximum absolute atomic E-state index is 5.87. The van der Waals surface area contributed by atoms with Crippen molar-refractivity contribution in [3.05, 3.63) is 52.2 Å². The molecule has 0 saturated heterocycles. The van der Waals surface area contributed by atoms with E-state index in [0.29, 0.717) is 5.92 Å². The minimum Gasteiger partial charge on any atom is -0.497 e. The summed E-state index contributed by atoms with van der Waals surface area (Å²) in [7, 11) is 1.69. The summed E-state index contributed by atoms with van der Waals surface area (Å²) < 4.78 is 5.16. The van der Waals surface area contributed by atoms with Gasteiger partial charge in [-0.2, -0.15) is 0 Å². The Bertz CT molecular complexity index is 450. The minimum atomic E-state index is 0.511. The molecule has 3 heteroatoms. The highest BCUT2D eigenvalue weighted by atomic mass is 32.1. The summed E-state index contributed by atoms with van der Waals surface area (Å²) >= 11 is 1.81.